The smallest absolute Gasteiger partial charge is 0.429 e. The molecule has 2 rings (SSSR count). The van der Waals surface area contributed by atoms with Gasteiger partial charge in [-0.2, -0.15) is 18.4 Å². The second-order valence-electron chi connectivity index (χ2n) is 4.04. The van der Waals surface area contributed by atoms with Crippen molar-refractivity contribution in [2.45, 2.75) is 12.3 Å². The standard InChI is InChI=1S/C14H8F4N2O/c15-11-2-1-3-12(10(11)8-19)21-13(14(16,17)18)9-4-6-20-7-5-9/h1-7,13H. The van der Waals surface area contributed by atoms with E-state index in [0.29, 0.717) is 0 Å². The van der Waals surface area contributed by atoms with Gasteiger partial charge in [0, 0.05) is 18.0 Å². The van der Waals surface area contributed by atoms with Crippen LogP contribution in [0.25, 0.3) is 0 Å². The summed E-state index contributed by atoms with van der Waals surface area (Å²) in [7, 11) is 0. The lowest BCUT2D eigenvalue weighted by atomic mass is 10.1. The molecule has 3 nitrogen and oxygen atoms in total. The van der Waals surface area contributed by atoms with Crippen LogP contribution in [0.3, 0.4) is 0 Å². The van der Waals surface area contributed by atoms with Gasteiger partial charge in [-0.3, -0.25) is 4.98 Å². The van der Waals surface area contributed by atoms with Crippen molar-refractivity contribution in [1.29, 1.82) is 5.26 Å². The van der Waals surface area contributed by atoms with Gasteiger partial charge in [0.2, 0.25) is 6.10 Å². The number of pyridine rings is 1. The third kappa shape index (κ3) is 3.28. The first kappa shape index (κ1) is 14.8. The van der Waals surface area contributed by atoms with Crippen molar-refractivity contribution in [2.24, 2.45) is 0 Å². The molecule has 21 heavy (non-hydrogen) atoms. The number of hydrogen-bond acceptors (Lipinski definition) is 3. The van der Waals surface area contributed by atoms with Gasteiger partial charge in [0.25, 0.3) is 0 Å². The molecular formula is C14H8F4N2O. The molecule has 1 heterocycles. The molecule has 0 saturated heterocycles. The number of nitrogens with zero attached hydrogens (tertiary/aromatic N) is 2. The zero-order chi connectivity index (χ0) is 15.5. The van der Waals surface area contributed by atoms with Crippen molar-refractivity contribution < 1.29 is 22.3 Å². The summed E-state index contributed by atoms with van der Waals surface area (Å²) < 4.78 is 57.6. The topological polar surface area (TPSA) is 45.9 Å². The monoisotopic (exact) mass is 296 g/mol. The van der Waals surface area contributed by atoms with Crippen LogP contribution < -0.4 is 4.74 Å². The Morgan fingerprint density at radius 3 is 2.38 bits per heavy atom. The van der Waals surface area contributed by atoms with E-state index >= 15 is 0 Å². The van der Waals surface area contributed by atoms with Crippen LogP contribution in [0.4, 0.5) is 17.6 Å². The average Bonchev–Trinajstić information content (AvgIpc) is 2.44. The highest BCUT2D eigenvalue weighted by molar-refractivity contribution is 5.44. The van der Waals surface area contributed by atoms with Crippen molar-refractivity contribution in [1.82, 2.24) is 4.98 Å². The molecule has 0 aliphatic carbocycles. The summed E-state index contributed by atoms with van der Waals surface area (Å²) in [4.78, 5) is 3.63. The average molecular weight is 296 g/mol. The zero-order valence-corrected chi connectivity index (χ0v) is 10.4. The third-order valence-corrected chi connectivity index (χ3v) is 2.64. The van der Waals surface area contributed by atoms with Crippen molar-refractivity contribution in [3.63, 3.8) is 0 Å². The summed E-state index contributed by atoms with van der Waals surface area (Å²) in [5, 5.41) is 8.82. The normalized spacial score (nSPS) is 12.5. The Balaban J connectivity index is 2.43. The number of benzene rings is 1. The summed E-state index contributed by atoms with van der Waals surface area (Å²) in [6, 6.07) is 7.03. The van der Waals surface area contributed by atoms with Crippen LogP contribution in [0.5, 0.6) is 5.75 Å². The number of hydrogen-bond donors (Lipinski definition) is 0. The van der Waals surface area contributed by atoms with E-state index in [9.17, 15) is 17.6 Å². The molecule has 7 heteroatoms. The molecule has 1 unspecified atom stereocenters. The first-order valence-electron chi connectivity index (χ1n) is 5.75. The van der Waals surface area contributed by atoms with Crippen LogP contribution in [0.15, 0.2) is 42.7 Å². The summed E-state index contributed by atoms with van der Waals surface area (Å²) in [5.74, 6) is -1.40. The first-order valence-corrected chi connectivity index (χ1v) is 5.75. The van der Waals surface area contributed by atoms with Crippen LogP contribution in [-0.2, 0) is 0 Å². The van der Waals surface area contributed by atoms with E-state index in [0.717, 1.165) is 24.3 Å². The minimum Gasteiger partial charge on any atom is -0.475 e. The second-order valence-corrected chi connectivity index (χ2v) is 4.04. The maximum absolute atomic E-state index is 13.4. The molecule has 0 radical (unpaired) electrons. The molecule has 0 aliphatic heterocycles. The van der Waals surface area contributed by atoms with Gasteiger partial charge in [-0.1, -0.05) is 6.07 Å². The molecule has 1 aromatic heterocycles. The summed E-state index contributed by atoms with van der Waals surface area (Å²) >= 11 is 0. The Morgan fingerprint density at radius 2 is 1.81 bits per heavy atom. The van der Waals surface area contributed by atoms with Crippen molar-refractivity contribution in [3.05, 3.63) is 59.7 Å². The molecule has 0 amide bonds. The molecule has 0 saturated carbocycles. The fourth-order valence-corrected chi connectivity index (χ4v) is 1.70. The van der Waals surface area contributed by atoms with Gasteiger partial charge in [0.1, 0.15) is 23.2 Å². The third-order valence-electron chi connectivity index (χ3n) is 2.64. The largest absolute Gasteiger partial charge is 0.475 e. The number of alkyl halides is 3. The predicted octanol–water partition coefficient (Wildman–Crippen LogP) is 3.77. The summed E-state index contributed by atoms with van der Waals surface area (Å²) in [6.07, 6.45) is -4.66. The van der Waals surface area contributed by atoms with Gasteiger partial charge in [-0.25, -0.2) is 4.39 Å². The number of rotatable bonds is 3. The van der Waals surface area contributed by atoms with Gasteiger partial charge < -0.3 is 4.74 Å². The van der Waals surface area contributed by atoms with Crippen LogP contribution in [-0.4, -0.2) is 11.2 Å². The number of nitriles is 1. The van der Waals surface area contributed by atoms with Crippen molar-refractivity contribution >= 4 is 0 Å². The summed E-state index contributed by atoms with van der Waals surface area (Å²) in [5.41, 5.74) is -0.758. The van der Waals surface area contributed by atoms with E-state index in [1.165, 1.54) is 24.5 Å². The molecule has 0 N–H and O–H groups in total. The van der Waals surface area contributed by atoms with E-state index in [1.807, 2.05) is 0 Å². The molecule has 1 atom stereocenters. The minimum atomic E-state index is -4.72. The quantitative estimate of drug-likeness (QED) is 0.810. The Kier molecular flexibility index (Phi) is 4.08. The zero-order valence-electron chi connectivity index (χ0n) is 10.4. The van der Waals surface area contributed by atoms with Crippen LogP contribution in [0.1, 0.15) is 17.2 Å². The van der Waals surface area contributed by atoms with Gasteiger partial charge in [-0.15, -0.1) is 0 Å². The molecule has 0 spiro atoms. The fraction of sp³-hybridized carbons (Fsp3) is 0.143. The maximum Gasteiger partial charge on any atom is 0.429 e. The Hall–Kier alpha value is -2.62. The molecule has 0 aliphatic rings. The highest BCUT2D eigenvalue weighted by atomic mass is 19.4. The lowest BCUT2D eigenvalue weighted by Gasteiger charge is -2.22. The van der Waals surface area contributed by atoms with E-state index < -0.39 is 29.4 Å². The number of aromatic nitrogens is 1. The number of ether oxygens (including phenoxy) is 1. The Morgan fingerprint density at radius 1 is 1.14 bits per heavy atom. The lowest BCUT2D eigenvalue weighted by molar-refractivity contribution is -0.198. The van der Waals surface area contributed by atoms with Gasteiger partial charge in [0.05, 0.1) is 0 Å². The molecular weight excluding hydrogens is 288 g/mol. The molecule has 108 valence electrons. The van der Waals surface area contributed by atoms with Crippen LogP contribution in [0.2, 0.25) is 0 Å². The first-order chi connectivity index (χ1) is 9.93. The minimum absolute atomic E-state index is 0.189. The van der Waals surface area contributed by atoms with Crippen LogP contribution in [0, 0.1) is 17.1 Å². The van der Waals surface area contributed by atoms with Crippen molar-refractivity contribution in [3.8, 4) is 11.8 Å². The molecule has 1 aromatic carbocycles. The molecule has 0 fully saturated rings. The highest BCUT2D eigenvalue weighted by Gasteiger charge is 2.43. The van der Waals surface area contributed by atoms with E-state index in [-0.39, 0.29) is 5.56 Å². The van der Waals surface area contributed by atoms with Crippen molar-refractivity contribution in [2.75, 3.05) is 0 Å². The van der Waals surface area contributed by atoms with E-state index in [1.54, 1.807) is 0 Å². The van der Waals surface area contributed by atoms with Crippen LogP contribution >= 0.6 is 0 Å². The van der Waals surface area contributed by atoms with E-state index in [4.69, 9.17) is 10.00 Å². The second kappa shape index (κ2) is 5.79. The number of halogens is 4. The van der Waals surface area contributed by atoms with Gasteiger partial charge in [-0.05, 0) is 24.3 Å². The Bertz CT molecular complexity index is 665. The molecule has 2 aromatic rings. The molecule has 0 bridgehead atoms. The van der Waals surface area contributed by atoms with E-state index in [2.05, 4.69) is 4.98 Å². The van der Waals surface area contributed by atoms with Gasteiger partial charge in [0.15, 0.2) is 0 Å². The predicted molar refractivity (Wildman–Crippen MR) is 64.8 cm³/mol. The van der Waals surface area contributed by atoms with Gasteiger partial charge >= 0.3 is 6.18 Å². The Labute approximate surface area is 117 Å². The SMILES string of the molecule is N#Cc1c(F)cccc1OC(c1ccncc1)C(F)(F)F. The lowest BCUT2D eigenvalue weighted by Crippen LogP contribution is -2.26. The highest BCUT2D eigenvalue weighted by Crippen LogP contribution is 2.37. The summed E-state index contributed by atoms with van der Waals surface area (Å²) in [6.45, 7) is 0. The fourth-order valence-electron chi connectivity index (χ4n) is 1.70. The maximum atomic E-state index is 13.4.